The number of carbonyl (C=O) groups is 1. The van der Waals surface area contributed by atoms with Crippen LogP contribution in [0, 0.1) is 18.3 Å². The highest BCUT2D eigenvalue weighted by Gasteiger charge is 2.11. The zero-order chi connectivity index (χ0) is 12.6. The Morgan fingerprint density at radius 2 is 2.00 bits per heavy atom. The largest absolute Gasteiger partial charge is 0.513 e. The summed E-state index contributed by atoms with van der Waals surface area (Å²) in [5.41, 5.74) is 1.03. The normalized spacial score (nSPS) is 8.19. The van der Waals surface area contributed by atoms with Gasteiger partial charge in [-0.3, -0.25) is 0 Å². The molecule has 1 aromatic carbocycles. The molecular weight excluding hydrogens is 206 g/mol. The third kappa shape index (κ3) is 3.62. The van der Waals surface area contributed by atoms with Crippen molar-refractivity contribution < 1.29 is 14.3 Å². The van der Waals surface area contributed by atoms with Gasteiger partial charge in [0.1, 0.15) is 6.07 Å². The van der Waals surface area contributed by atoms with Crippen molar-refractivity contribution in [2.45, 2.75) is 20.8 Å². The predicted molar refractivity (Wildman–Crippen MR) is 60.3 cm³/mol. The van der Waals surface area contributed by atoms with Gasteiger partial charge in [-0.15, -0.1) is 0 Å². The molecule has 0 atom stereocenters. The lowest BCUT2D eigenvalue weighted by atomic mass is 10.1. The highest BCUT2D eigenvalue weighted by Crippen LogP contribution is 2.22. The van der Waals surface area contributed by atoms with Crippen LogP contribution in [0.1, 0.15) is 25.0 Å². The summed E-state index contributed by atoms with van der Waals surface area (Å²) in [6.45, 7) is 5.75. The molecule has 4 nitrogen and oxygen atoms in total. The molecule has 1 aromatic rings. The lowest BCUT2D eigenvalue weighted by Crippen LogP contribution is -2.09. The van der Waals surface area contributed by atoms with Gasteiger partial charge in [-0.2, -0.15) is 5.26 Å². The molecule has 0 aliphatic heterocycles. The van der Waals surface area contributed by atoms with Gasteiger partial charge in [-0.25, -0.2) is 4.79 Å². The highest BCUT2D eigenvalue weighted by atomic mass is 16.7. The number of nitriles is 1. The lowest BCUT2D eigenvalue weighted by molar-refractivity contribution is 0.121. The van der Waals surface area contributed by atoms with E-state index in [9.17, 15) is 4.79 Å². The number of rotatable bonds is 1. The van der Waals surface area contributed by atoms with Crippen LogP contribution < -0.4 is 4.74 Å². The minimum absolute atomic E-state index is 0.252. The molecule has 0 amide bonds. The van der Waals surface area contributed by atoms with Crippen LogP contribution in [-0.2, 0) is 4.74 Å². The van der Waals surface area contributed by atoms with Crippen molar-refractivity contribution in [1.29, 1.82) is 5.26 Å². The van der Waals surface area contributed by atoms with Crippen molar-refractivity contribution in [3.63, 3.8) is 0 Å². The van der Waals surface area contributed by atoms with Crippen LogP contribution in [0.3, 0.4) is 0 Å². The summed E-state index contributed by atoms with van der Waals surface area (Å²) in [5.74, 6) is 0.252. The van der Waals surface area contributed by atoms with Crippen molar-refractivity contribution >= 4 is 6.16 Å². The molecule has 0 saturated carbocycles. The molecule has 0 unspecified atom stereocenters. The van der Waals surface area contributed by atoms with E-state index in [-0.39, 0.29) is 5.75 Å². The van der Waals surface area contributed by atoms with E-state index in [1.807, 2.05) is 19.9 Å². The van der Waals surface area contributed by atoms with Gasteiger partial charge in [-0.1, -0.05) is 26.0 Å². The van der Waals surface area contributed by atoms with Gasteiger partial charge in [0.15, 0.2) is 5.75 Å². The summed E-state index contributed by atoms with van der Waals surface area (Å²) in [7, 11) is 1.21. The molecule has 0 saturated heterocycles. The molecular formula is C12H15NO3. The Hall–Kier alpha value is -2.02. The Morgan fingerprint density at radius 3 is 2.50 bits per heavy atom. The van der Waals surface area contributed by atoms with E-state index in [1.165, 1.54) is 7.11 Å². The summed E-state index contributed by atoms with van der Waals surface area (Å²) < 4.78 is 9.17. The van der Waals surface area contributed by atoms with Gasteiger partial charge in [-0.05, 0) is 18.6 Å². The molecule has 0 aliphatic carbocycles. The molecule has 16 heavy (non-hydrogen) atoms. The molecule has 0 radical (unpaired) electrons. The SMILES string of the molecule is CC.COC(=O)Oc1c(C)cccc1C#N. The minimum atomic E-state index is -0.823. The maximum atomic E-state index is 10.8. The molecule has 0 spiro atoms. The van der Waals surface area contributed by atoms with E-state index in [4.69, 9.17) is 10.00 Å². The van der Waals surface area contributed by atoms with Gasteiger partial charge in [0, 0.05) is 0 Å². The number of carbonyl (C=O) groups excluding carboxylic acids is 1. The van der Waals surface area contributed by atoms with E-state index in [2.05, 4.69) is 4.74 Å². The zero-order valence-electron chi connectivity index (χ0n) is 9.90. The van der Waals surface area contributed by atoms with Gasteiger partial charge >= 0.3 is 6.16 Å². The molecule has 0 bridgehead atoms. The van der Waals surface area contributed by atoms with Crippen molar-refractivity contribution in [1.82, 2.24) is 0 Å². The fraction of sp³-hybridized carbons (Fsp3) is 0.333. The summed E-state index contributed by atoms with van der Waals surface area (Å²) in [6.07, 6.45) is -0.823. The average Bonchev–Trinajstić information content (AvgIpc) is 2.34. The summed E-state index contributed by atoms with van der Waals surface area (Å²) in [4.78, 5) is 10.8. The number of ether oxygens (including phenoxy) is 2. The highest BCUT2D eigenvalue weighted by molar-refractivity contribution is 5.66. The quantitative estimate of drug-likeness (QED) is 0.540. The molecule has 0 aromatic heterocycles. The second-order valence-corrected chi connectivity index (χ2v) is 2.62. The Bertz CT molecular complexity index is 394. The molecule has 0 N–H and O–H groups in total. The first-order chi connectivity index (χ1) is 7.69. The van der Waals surface area contributed by atoms with Crippen LogP contribution >= 0.6 is 0 Å². The fourth-order valence-corrected chi connectivity index (χ4v) is 1.00. The molecule has 0 fully saturated rings. The van der Waals surface area contributed by atoms with Gasteiger partial charge < -0.3 is 9.47 Å². The van der Waals surface area contributed by atoms with E-state index in [0.29, 0.717) is 5.56 Å². The summed E-state index contributed by atoms with van der Waals surface area (Å²) in [6, 6.07) is 6.98. The number of para-hydroxylation sites is 1. The Labute approximate surface area is 95.4 Å². The standard InChI is InChI=1S/C10H9NO3.C2H6/c1-7-4-3-5-8(6-11)9(7)14-10(12)13-2;1-2/h3-5H,1-2H3;1-2H3. The number of hydrogen-bond donors (Lipinski definition) is 0. The zero-order valence-corrected chi connectivity index (χ0v) is 9.90. The van der Waals surface area contributed by atoms with E-state index >= 15 is 0 Å². The number of aryl methyl sites for hydroxylation is 1. The third-order valence-corrected chi connectivity index (χ3v) is 1.68. The first-order valence-electron chi connectivity index (χ1n) is 4.94. The van der Waals surface area contributed by atoms with Gasteiger partial charge in [0.05, 0.1) is 12.7 Å². The second kappa shape index (κ2) is 7.30. The maximum Gasteiger partial charge on any atom is 0.513 e. The molecule has 4 heteroatoms. The van der Waals surface area contributed by atoms with Crippen LogP contribution in [0.5, 0.6) is 5.75 Å². The van der Waals surface area contributed by atoms with Crippen molar-refractivity contribution in [2.75, 3.05) is 7.11 Å². The number of methoxy groups -OCH3 is 1. The lowest BCUT2D eigenvalue weighted by Gasteiger charge is -2.06. The minimum Gasteiger partial charge on any atom is -0.437 e. The number of benzene rings is 1. The van der Waals surface area contributed by atoms with Crippen LogP contribution in [0.4, 0.5) is 4.79 Å². The first kappa shape index (κ1) is 14.0. The summed E-state index contributed by atoms with van der Waals surface area (Å²) in [5, 5.41) is 8.75. The Morgan fingerprint density at radius 1 is 1.38 bits per heavy atom. The van der Waals surface area contributed by atoms with Gasteiger partial charge in [0.2, 0.25) is 0 Å². The Kier molecular flexibility index (Phi) is 6.37. The van der Waals surface area contributed by atoms with Gasteiger partial charge in [0.25, 0.3) is 0 Å². The Balaban J connectivity index is 0.00000106. The molecule has 0 heterocycles. The van der Waals surface area contributed by atoms with E-state index in [1.54, 1.807) is 25.1 Å². The van der Waals surface area contributed by atoms with Crippen molar-refractivity contribution in [2.24, 2.45) is 0 Å². The smallest absolute Gasteiger partial charge is 0.437 e. The van der Waals surface area contributed by atoms with E-state index < -0.39 is 6.16 Å². The monoisotopic (exact) mass is 221 g/mol. The second-order valence-electron chi connectivity index (χ2n) is 2.62. The molecule has 1 rings (SSSR count). The number of hydrogen-bond acceptors (Lipinski definition) is 4. The maximum absolute atomic E-state index is 10.8. The van der Waals surface area contributed by atoms with E-state index in [0.717, 1.165) is 5.56 Å². The van der Waals surface area contributed by atoms with Crippen molar-refractivity contribution in [3.05, 3.63) is 29.3 Å². The average molecular weight is 221 g/mol. The van der Waals surface area contributed by atoms with Crippen molar-refractivity contribution in [3.8, 4) is 11.8 Å². The van der Waals surface area contributed by atoms with Crippen LogP contribution in [0.2, 0.25) is 0 Å². The predicted octanol–water partition coefficient (Wildman–Crippen LogP) is 3.04. The fourth-order valence-electron chi connectivity index (χ4n) is 1.00. The molecule has 0 aliphatic rings. The third-order valence-electron chi connectivity index (χ3n) is 1.68. The molecule has 86 valence electrons. The first-order valence-corrected chi connectivity index (χ1v) is 4.94. The summed E-state index contributed by atoms with van der Waals surface area (Å²) >= 11 is 0. The van der Waals surface area contributed by atoms with Crippen LogP contribution in [-0.4, -0.2) is 13.3 Å². The van der Waals surface area contributed by atoms with Crippen LogP contribution in [0.15, 0.2) is 18.2 Å². The topological polar surface area (TPSA) is 59.3 Å². The van der Waals surface area contributed by atoms with Crippen LogP contribution in [0.25, 0.3) is 0 Å². The number of nitrogens with zero attached hydrogens (tertiary/aromatic N) is 1.